The molecule has 0 spiro atoms. The molecular weight excluding hydrogens is 698 g/mol. The lowest BCUT2D eigenvalue weighted by atomic mass is 10.1. The minimum absolute atomic E-state index is 0.00873. The monoisotopic (exact) mass is 722 g/mol. The van der Waals surface area contributed by atoms with Crippen molar-refractivity contribution in [3.8, 4) is 0 Å². The standard InChI is InChI=1S/C20H24N10O12P2S2/c21-13-7-14(24-3-23-13)30(20(34)26-7)17-10(32)11-6(40-17)2-38-44(36,46)42-12-9(31)5(1-37-43(35,45)41-11)39-18(12)29-4-25-8-15(29)27-19(22)28-16(8)33/h3-6,9-12,17-18,31-32H,1-2H2,(H,26,34)(H,35,45)(H,36,46)(H2,21,23,24)(H3,22,27,28,33)/t5-,6-,9-,10-,11-,12-,17-,18-,43?,44?/m1/s1. The van der Waals surface area contributed by atoms with Gasteiger partial charge < -0.3 is 55.0 Å². The van der Waals surface area contributed by atoms with Gasteiger partial charge in [0.15, 0.2) is 35.1 Å². The van der Waals surface area contributed by atoms with Crippen LogP contribution in [0.5, 0.6) is 0 Å². The van der Waals surface area contributed by atoms with Gasteiger partial charge in [-0.25, -0.2) is 24.3 Å². The fraction of sp³-hybridized carbons (Fsp3) is 0.500. The van der Waals surface area contributed by atoms with Crippen LogP contribution in [-0.4, -0.2) is 109 Å². The molecule has 3 fully saturated rings. The maximum absolute atomic E-state index is 12.9. The highest BCUT2D eigenvalue weighted by atomic mass is 32.5. The number of hydrogen-bond acceptors (Lipinski definition) is 18. The topological polar surface area (TPSA) is 315 Å². The molecule has 0 amide bonds. The summed E-state index contributed by atoms with van der Waals surface area (Å²) >= 11 is 10.4. The molecule has 10 atom stereocenters. The normalized spacial score (nSPS) is 37.1. The van der Waals surface area contributed by atoms with Gasteiger partial charge in [-0.2, -0.15) is 4.98 Å². The van der Waals surface area contributed by atoms with Gasteiger partial charge in [0.25, 0.3) is 5.56 Å². The lowest BCUT2D eigenvalue weighted by Gasteiger charge is -2.28. The van der Waals surface area contributed by atoms with Crippen LogP contribution in [0.3, 0.4) is 0 Å². The van der Waals surface area contributed by atoms with Crippen LogP contribution in [0.1, 0.15) is 12.5 Å². The average Bonchev–Trinajstić information content (AvgIpc) is 3.70. The van der Waals surface area contributed by atoms with Gasteiger partial charge in [0.1, 0.15) is 48.5 Å². The van der Waals surface area contributed by atoms with Crippen molar-refractivity contribution in [2.75, 3.05) is 24.7 Å². The summed E-state index contributed by atoms with van der Waals surface area (Å²) < 4.78 is 36.4. The fourth-order valence-electron chi connectivity index (χ4n) is 5.42. The predicted octanol–water partition coefficient (Wildman–Crippen LogP) is -2.82. The van der Waals surface area contributed by atoms with Crippen molar-refractivity contribution in [2.45, 2.75) is 49.1 Å². The van der Waals surface area contributed by atoms with E-state index in [2.05, 4.69) is 29.9 Å². The molecule has 4 aromatic heterocycles. The molecule has 248 valence electrons. The van der Waals surface area contributed by atoms with Crippen LogP contribution in [0, 0.1) is 0 Å². The number of H-pyrrole nitrogens is 2. The smallest absolute Gasteiger partial charge is 0.330 e. The Labute approximate surface area is 264 Å². The van der Waals surface area contributed by atoms with Crippen molar-refractivity contribution in [1.82, 2.24) is 39.0 Å². The number of aromatic amines is 2. The van der Waals surface area contributed by atoms with Crippen LogP contribution in [-0.2, 0) is 51.2 Å². The highest BCUT2D eigenvalue weighted by molar-refractivity contribution is 8.07. The molecule has 26 heteroatoms. The van der Waals surface area contributed by atoms with Gasteiger partial charge in [0, 0.05) is 0 Å². The van der Waals surface area contributed by atoms with E-state index >= 15 is 0 Å². The number of aliphatic hydroxyl groups is 2. The third-order valence-electron chi connectivity index (χ3n) is 7.45. The zero-order valence-corrected chi connectivity index (χ0v) is 26.2. The fourth-order valence-corrected chi connectivity index (χ4v) is 8.27. The summed E-state index contributed by atoms with van der Waals surface area (Å²) in [6.07, 6.45) is -9.41. The Bertz CT molecular complexity index is 2060. The second-order valence-electron chi connectivity index (χ2n) is 10.3. The van der Waals surface area contributed by atoms with E-state index in [1.54, 1.807) is 0 Å². The van der Waals surface area contributed by atoms with Crippen molar-refractivity contribution < 1.29 is 47.6 Å². The Balaban J connectivity index is 1.22. The number of aliphatic hydroxyl groups excluding tert-OH is 2. The van der Waals surface area contributed by atoms with Crippen molar-refractivity contribution in [1.29, 1.82) is 0 Å². The number of imidazole rings is 2. The molecule has 22 nitrogen and oxygen atoms in total. The number of rotatable bonds is 2. The van der Waals surface area contributed by atoms with Gasteiger partial charge in [-0.3, -0.25) is 23.4 Å². The lowest BCUT2D eigenvalue weighted by molar-refractivity contribution is -0.0611. The van der Waals surface area contributed by atoms with E-state index in [4.69, 9.17) is 62.6 Å². The van der Waals surface area contributed by atoms with Crippen LogP contribution in [0.15, 0.2) is 22.2 Å². The number of fused-ring (bicyclic) bond motifs is 5. The first-order chi connectivity index (χ1) is 21.7. The minimum Gasteiger partial charge on any atom is -0.387 e. The Kier molecular flexibility index (Phi) is 7.89. The molecule has 3 aliphatic heterocycles. The summed E-state index contributed by atoms with van der Waals surface area (Å²) in [7, 11) is 0. The van der Waals surface area contributed by atoms with Crippen molar-refractivity contribution >= 4 is 71.1 Å². The summed E-state index contributed by atoms with van der Waals surface area (Å²) in [6.45, 7) is -9.77. The number of hydrogen-bond donors (Lipinski definition) is 8. The van der Waals surface area contributed by atoms with Crippen LogP contribution in [0.2, 0.25) is 0 Å². The number of nitrogens with one attached hydrogen (secondary N) is 2. The summed E-state index contributed by atoms with van der Waals surface area (Å²) in [6, 6.07) is 0. The largest absolute Gasteiger partial charge is 0.387 e. The first-order valence-corrected chi connectivity index (χ1v) is 18.3. The van der Waals surface area contributed by atoms with E-state index < -0.39 is 87.0 Å². The molecule has 10 N–H and O–H groups in total. The van der Waals surface area contributed by atoms with Crippen molar-refractivity contribution in [3.05, 3.63) is 33.5 Å². The average molecular weight is 723 g/mol. The molecule has 4 aromatic rings. The minimum atomic E-state index is -4.29. The number of nitrogen functional groups attached to an aromatic ring is 2. The Morgan fingerprint density at radius 3 is 2.30 bits per heavy atom. The summed E-state index contributed by atoms with van der Waals surface area (Å²) in [4.78, 5) is 68.1. The highest BCUT2D eigenvalue weighted by Crippen LogP contribution is 2.54. The van der Waals surface area contributed by atoms with Crippen molar-refractivity contribution in [3.63, 3.8) is 0 Å². The lowest BCUT2D eigenvalue weighted by Crippen LogP contribution is -2.37. The van der Waals surface area contributed by atoms with Gasteiger partial charge in [-0.15, -0.1) is 0 Å². The molecule has 0 saturated carbocycles. The molecule has 7 heterocycles. The molecule has 3 saturated heterocycles. The third kappa shape index (κ3) is 5.48. The zero-order valence-electron chi connectivity index (χ0n) is 22.8. The van der Waals surface area contributed by atoms with Crippen LogP contribution < -0.4 is 22.7 Å². The van der Waals surface area contributed by atoms with Crippen molar-refractivity contribution in [2.24, 2.45) is 0 Å². The molecule has 7 rings (SSSR count). The molecule has 0 aliphatic carbocycles. The second-order valence-corrected chi connectivity index (χ2v) is 15.9. The molecular formula is C20H24N10O12P2S2. The SMILES string of the molecule is Nc1nc2c(ncn2[C@@H]2O[C@@H]3COP(O)(=S)O[C@H]4[C@@H](O)[C@H](n5c(=O)[nH]c6c(N)ncnc65)O[C@@H]4COP(O)(=S)O[C@@H]2[C@@H]3O)c(=O)[nH]1. The third-order valence-corrected chi connectivity index (χ3v) is 10.6. The second kappa shape index (κ2) is 11.4. The number of ether oxygens (including phenoxy) is 2. The molecule has 2 bridgehead atoms. The molecule has 46 heavy (non-hydrogen) atoms. The van der Waals surface area contributed by atoms with Gasteiger partial charge in [-0.1, -0.05) is 0 Å². The van der Waals surface area contributed by atoms with E-state index in [9.17, 15) is 29.6 Å². The number of nitrogens with two attached hydrogens (primary N) is 2. The van der Waals surface area contributed by atoms with Crippen LogP contribution in [0.4, 0.5) is 11.8 Å². The Morgan fingerprint density at radius 2 is 1.57 bits per heavy atom. The quantitative estimate of drug-likeness (QED) is 0.0968. The molecule has 0 aromatic carbocycles. The predicted molar refractivity (Wildman–Crippen MR) is 160 cm³/mol. The maximum atomic E-state index is 12.9. The number of aromatic nitrogens is 8. The highest BCUT2D eigenvalue weighted by Gasteiger charge is 2.52. The van der Waals surface area contributed by atoms with E-state index in [1.165, 1.54) is 10.9 Å². The van der Waals surface area contributed by atoms with Gasteiger partial charge in [0.2, 0.25) is 5.95 Å². The maximum Gasteiger partial charge on any atom is 0.330 e. The summed E-state index contributed by atoms with van der Waals surface area (Å²) in [5, 5.41) is 22.4. The molecule has 2 unspecified atom stereocenters. The number of nitrogens with zero attached hydrogens (tertiary/aromatic N) is 6. The van der Waals surface area contributed by atoms with Gasteiger partial charge >= 0.3 is 19.1 Å². The van der Waals surface area contributed by atoms with Crippen LogP contribution >= 0.6 is 13.4 Å². The first kappa shape index (κ1) is 31.8. The van der Waals surface area contributed by atoms with E-state index in [0.717, 1.165) is 10.9 Å². The Morgan fingerprint density at radius 1 is 0.891 bits per heavy atom. The van der Waals surface area contributed by atoms with Crippen LogP contribution in [0.25, 0.3) is 22.3 Å². The Hall–Kier alpha value is -2.80. The molecule has 3 aliphatic rings. The molecule has 0 radical (unpaired) electrons. The van der Waals surface area contributed by atoms with E-state index in [-0.39, 0.29) is 34.1 Å². The zero-order chi connectivity index (χ0) is 32.7. The summed E-state index contributed by atoms with van der Waals surface area (Å²) in [5.74, 6) is -0.275. The number of anilines is 2. The van der Waals surface area contributed by atoms with Gasteiger partial charge in [0.05, 0.1) is 19.5 Å². The summed E-state index contributed by atoms with van der Waals surface area (Å²) in [5.41, 5.74) is 10.0. The first-order valence-electron chi connectivity index (χ1n) is 13.1. The van der Waals surface area contributed by atoms with Gasteiger partial charge in [-0.05, 0) is 23.6 Å². The van der Waals surface area contributed by atoms with E-state index in [0.29, 0.717) is 0 Å². The van der Waals surface area contributed by atoms with E-state index in [1.807, 2.05) is 0 Å².